The molecule has 6 nitrogen and oxygen atoms in total. The predicted molar refractivity (Wildman–Crippen MR) is 102 cm³/mol. The Kier molecular flexibility index (Phi) is 4.18. The minimum Gasteiger partial charge on any atom is -0.494 e. The molecule has 0 unspecified atom stereocenters. The van der Waals surface area contributed by atoms with E-state index in [1.807, 2.05) is 4.90 Å². The van der Waals surface area contributed by atoms with Gasteiger partial charge < -0.3 is 14.5 Å². The molecular weight excluding hydrogens is 359 g/mol. The van der Waals surface area contributed by atoms with Crippen molar-refractivity contribution in [2.75, 3.05) is 38.2 Å². The van der Waals surface area contributed by atoms with Crippen molar-refractivity contribution in [3.05, 3.63) is 47.2 Å². The van der Waals surface area contributed by atoms with Gasteiger partial charge in [0.15, 0.2) is 11.6 Å². The largest absolute Gasteiger partial charge is 0.494 e. The molecule has 3 heterocycles. The second-order valence-electron chi connectivity index (χ2n) is 7.96. The fourth-order valence-electron chi connectivity index (χ4n) is 4.93. The van der Waals surface area contributed by atoms with Gasteiger partial charge in [-0.15, -0.1) is 0 Å². The number of amides is 1. The van der Waals surface area contributed by atoms with E-state index in [0.29, 0.717) is 30.5 Å². The van der Waals surface area contributed by atoms with Crippen molar-refractivity contribution < 1.29 is 13.9 Å². The van der Waals surface area contributed by atoms with Gasteiger partial charge in [0.25, 0.3) is 5.91 Å². The molecule has 0 radical (unpaired) electrons. The van der Waals surface area contributed by atoms with Crippen molar-refractivity contribution in [3.63, 3.8) is 0 Å². The van der Waals surface area contributed by atoms with Crippen molar-refractivity contribution in [2.24, 2.45) is 11.8 Å². The van der Waals surface area contributed by atoms with Gasteiger partial charge in [0, 0.05) is 54.8 Å². The van der Waals surface area contributed by atoms with Gasteiger partial charge >= 0.3 is 0 Å². The molecule has 2 fully saturated rings. The van der Waals surface area contributed by atoms with Gasteiger partial charge in [-0.3, -0.25) is 4.79 Å². The normalized spacial score (nSPS) is 23.1. The zero-order chi connectivity index (χ0) is 19.3. The van der Waals surface area contributed by atoms with Crippen LogP contribution in [0.25, 0.3) is 0 Å². The molecule has 7 heteroatoms. The number of nitrogens with zero attached hydrogens (tertiary/aromatic N) is 4. The first-order valence-electron chi connectivity index (χ1n) is 9.84. The Morgan fingerprint density at radius 1 is 1.14 bits per heavy atom. The molecule has 2 atom stereocenters. The van der Waals surface area contributed by atoms with E-state index in [1.54, 1.807) is 12.4 Å². The summed E-state index contributed by atoms with van der Waals surface area (Å²) in [5.74, 6) is 1.50. The van der Waals surface area contributed by atoms with E-state index in [4.69, 9.17) is 4.74 Å². The summed E-state index contributed by atoms with van der Waals surface area (Å²) in [6, 6.07) is 4.41. The second kappa shape index (κ2) is 6.72. The van der Waals surface area contributed by atoms with Crippen LogP contribution in [0.2, 0.25) is 0 Å². The van der Waals surface area contributed by atoms with Crippen LogP contribution >= 0.6 is 0 Å². The summed E-state index contributed by atoms with van der Waals surface area (Å²) < 4.78 is 18.9. The molecule has 2 saturated heterocycles. The highest BCUT2D eigenvalue weighted by atomic mass is 19.1. The number of aryl methyl sites for hydroxylation is 1. The van der Waals surface area contributed by atoms with Crippen LogP contribution in [0.1, 0.15) is 28.0 Å². The fraction of sp³-hybridized carbons (Fsp3) is 0.476. The number of ether oxygens (including phenoxy) is 1. The maximum Gasteiger partial charge on any atom is 0.253 e. The fourth-order valence-corrected chi connectivity index (χ4v) is 4.93. The Bertz CT molecular complexity index is 921. The lowest BCUT2D eigenvalue weighted by atomic mass is 10.0. The molecule has 1 aromatic carbocycles. The summed E-state index contributed by atoms with van der Waals surface area (Å²) in [4.78, 5) is 26.0. The Morgan fingerprint density at radius 2 is 1.93 bits per heavy atom. The Balaban J connectivity index is 1.28. The molecule has 3 aliphatic rings. The van der Waals surface area contributed by atoms with Crippen molar-refractivity contribution in [1.29, 1.82) is 0 Å². The number of rotatable bonds is 3. The third kappa shape index (κ3) is 2.80. The van der Waals surface area contributed by atoms with Crippen molar-refractivity contribution >= 4 is 11.7 Å². The summed E-state index contributed by atoms with van der Waals surface area (Å²) in [6.07, 6.45) is 4.95. The number of carbonyl (C=O) groups excluding carboxylic acids is 1. The van der Waals surface area contributed by atoms with Crippen LogP contribution in [-0.4, -0.2) is 54.1 Å². The molecule has 2 aliphatic heterocycles. The van der Waals surface area contributed by atoms with Crippen LogP contribution in [0.4, 0.5) is 10.2 Å². The lowest BCUT2D eigenvalue weighted by molar-refractivity contribution is 0.0782. The molecule has 1 aliphatic carbocycles. The van der Waals surface area contributed by atoms with Crippen molar-refractivity contribution in [3.8, 4) is 5.75 Å². The van der Waals surface area contributed by atoms with Gasteiger partial charge in [0.2, 0.25) is 0 Å². The first-order valence-corrected chi connectivity index (χ1v) is 9.84. The molecule has 1 aromatic heterocycles. The van der Waals surface area contributed by atoms with Crippen molar-refractivity contribution in [1.82, 2.24) is 14.9 Å². The first-order chi connectivity index (χ1) is 13.6. The predicted octanol–water partition coefficient (Wildman–Crippen LogP) is 2.32. The highest BCUT2D eigenvalue weighted by Gasteiger charge is 2.43. The minimum atomic E-state index is -0.503. The zero-order valence-electron chi connectivity index (χ0n) is 15.9. The number of carbonyl (C=O) groups is 1. The third-order valence-electron chi connectivity index (χ3n) is 6.32. The molecule has 5 rings (SSSR count). The Hall–Kier alpha value is -2.70. The van der Waals surface area contributed by atoms with E-state index in [1.165, 1.54) is 30.5 Å². The topological polar surface area (TPSA) is 58.6 Å². The van der Waals surface area contributed by atoms with Crippen LogP contribution < -0.4 is 9.64 Å². The Labute approximate surface area is 163 Å². The minimum absolute atomic E-state index is 0.106. The summed E-state index contributed by atoms with van der Waals surface area (Å²) in [5.41, 5.74) is 2.88. The van der Waals surface area contributed by atoms with Crippen LogP contribution in [0.15, 0.2) is 24.5 Å². The average molecular weight is 382 g/mol. The lowest BCUT2D eigenvalue weighted by Crippen LogP contribution is -2.33. The lowest BCUT2D eigenvalue weighted by Gasteiger charge is -2.24. The standard InChI is InChI=1S/C21H23FN4O2/c1-28-19-6-5-13(7-17(19)22)21(27)26-10-14-8-25(9-15(14)11-26)20-16-3-2-4-18(16)23-12-24-20/h5-7,12,14-15H,2-4,8-11H2,1H3/t14-,15+. The molecular formula is C21H23FN4O2. The van der Waals surface area contributed by atoms with Crippen LogP contribution in [0, 0.1) is 17.7 Å². The smallest absolute Gasteiger partial charge is 0.253 e. The molecule has 2 aromatic rings. The number of methoxy groups -OCH3 is 1. The van der Waals surface area contributed by atoms with Gasteiger partial charge in [-0.05, 0) is 37.5 Å². The van der Waals surface area contributed by atoms with E-state index in [2.05, 4.69) is 14.9 Å². The number of fused-ring (bicyclic) bond motifs is 2. The number of halogens is 1. The van der Waals surface area contributed by atoms with Gasteiger partial charge in [-0.25, -0.2) is 14.4 Å². The van der Waals surface area contributed by atoms with E-state index in [9.17, 15) is 9.18 Å². The first kappa shape index (κ1) is 17.4. The van der Waals surface area contributed by atoms with Crippen LogP contribution in [0.3, 0.4) is 0 Å². The van der Waals surface area contributed by atoms with Crippen molar-refractivity contribution in [2.45, 2.75) is 19.3 Å². The highest BCUT2D eigenvalue weighted by molar-refractivity contribution is 5.94. The monoisotopic (exact) mass is 382 g/mol. The zero-order valence-corrected chi connectivity index (χ0v) is 15.9. The molecule has 1 amide bonds. The number of benzene rings is 1. The van der Waals surface area contributed by atoms with E-state index in [-0.39, 0.29) is 11.7 Å². The summed E-state index contributed by atoms with van der Waals surface area (Å²) in [5, 5.41) is 0. The maximum absolute atomic E-state index is 14.0. The molecule has 0 spiro atoms. The van der Waals surface area contributed by atoms with Gasteiger partial charge in [0.05, 0.1) is 7.11 Å². The third-order valence-corrected chi connectivity index (χ3v) is 6.32. The van der Waals surface area contributed by atoms with E-state index in [0.717, 1.165) is 38.2 Å². The van der Waals surface area contributed by atoms with Gasteiger partial charge in [-0.1, -0.05) is 0 Å². The highest BCUT2D eigenvalue weighted by Crippen LogP contribution is 2.37. The SMILES string of the molecule is COc1ccc(C(=O)N2C[C@@H]3CN(c4ncnc5c4CCC5)C[C@@H]3C2)cc1F. The molecule has 146 valence electrons. The van der Waals surface area contributed by atoms with E-state index >= 15 is 0 Å². The molecule has 28 heavy (non-hydrogen) atoms. The number of hydrogen-bond acceptors (Lipinski definition) is 5. The number of aromatic nitrogens is 2. The molecule has 0 N–H and O–H groups in total. The van der Waals surface area contributed by atoms with Gasteiger partial charge in [-0.2, -0.15) is 0 Å². The molecule has 0 saturated carbocycles. The summed E-state index contributed by atoms with van der Waals surface area (Å²) in [6.45, 7) is 3.24. The van der Waals surface area contributed by atoms with E-state index < -0.39 is 5.82 Å². The summed E-state index contributed by atoms with van der Waals surface area (Å²) >= 11 is 0. The second-order valence-corrected chi connectivity index (χ2v) is 7.96. The number of anilines is 1. The van der Waals surface area contributed by atoms with Gasteiger partial charge in [0.1, 0.15) is 12.1 Å². The number of hydrogen-bond donors (Lipinski definition) is 0. The van der Waals surface area contributed by atoms with Crippen LogP contribution in [0.5, 0.6) is 5.75 Å². The summed E-state index contributed by atoms with van der Waals surface area (Å²) in [7, 11) is 1.42. The average Bonchev–Trinajstić information content (AvgIpc) is 3.41. The van der Waals surface area contributed by atoms with Crippen LogP contribution in [-0.2, 0) is 12.8 Å². The quantitative estimate of drug-likeness (QED) is 0.816. The Morgan fingerprint density at radius 3 is 2.64 bits per heavy atom. The number of likely N-dealkylation sites (tertiary alicyclic amines) is 1. The molecule has 0 bridgehead atoms. The maximum atomic E-state index is 14.0.